The quantitative estimate of drug-likeness (QED) is 0.852. The molecule has 1 saturated heterocycles. The molecule has 1 aromatic rings. The van der Waals surface area contributed by atoms with Gasteiger partial charge in [-0.15, -0.1) is 0 Å². The predicted molar refractivity (Wildman–Crippen MR) is 82.2 cm³/mol. The molecule has 0 radical (unpaired) electrons. The zero-order valence-electron chi connectivity index (χ0n) is 12.9. The van der Waals surface area contributed by atoms with Gasteiger partial charge in [0, 0.05) is 25.3 Å². The van der Waals surface area contributed by atoms with E-state index in [0.29, 0.717) is 23.8 Å². The molecular formula is C17H24N2O. The zero-order valence-corrected chi connectivity index (χ0v) is 12.9. The Kier molecular flexibility index (Phi) is 3.13. The fourth-order valence-electron chi connectivity index (χ4n) is 3.39. The van der Waals surface area contributed by atoms with Crippen molar-refractivity contribution < 1.29 is 4.79 Å². The number of rotatable bonds is 1. The third kappa shape index (κ3) is 2.24. The summed E-state index contributed by atoms with van der Waals surface area (Å²) >= 11 is 0. The van der Waals surface area contributed by atoms with Gasteiger partial charge in [0.25, 0.3) is 0 Å². The van der Waals surface area contributed by atoms with Crippen LogP contribution in [0.3, 0.4) is 0 Å². The number of benzene rings is 1. The Balaban J connectivity index is 1.81. The molecule has 0 spiro atoms. The highest BCUT2D eigenvalue weighted by Crippen LogP contribution is 2.36. The SMILES string of the molecule is CN1C(=O)Cc2cc(C3CNC(C(C)(C)C)C3)ccc21. The highest BCUT2D eigenvalue weighted by molar-refractivity contribution is 6.00. The van der Waals surface area contributed by atoms with E-state index in [1.54, 1.807) is 4.90 Å². The molecule has 3 heteroatoms. The summed E-state index contributed by atoms with van der Waals surface area (Å²) in [7, 11) is 1.86. The summed E-state index contributed by atoms with van der Waals surface area (Å²) in [4.78, 5) is 13.5. The van der Waals surface area contributed by atoms with Crippen LogP contribution in [0.1, 0.15) is 44.2 Å². The monoisotopic (exact) mass is 272 g/mol. The summed E-state index contributed by atoms with van der Waals surface area (Å²) in [6.45, 7) is 7.93. The van der Waals surface area contributed by atoms with Gasteiger partial charge < -0.3 is 10.2 Å². The van der Waals surface area contributed by atoms with Crippen molar-refractivity contribution in [2.24, 2.45) is 5.41 Å². The van der Waals surface area contributed by atoms with E-state index < -0.39 is 0 Å². The Morgan fingerprint density at radius 2 is 2.05 bits per heavy atom. The van der Waals surface area contributed by atoms with Gasteiger partial charge in [0.15, 0.2) is 0 Å². The van der Waals surface area contributed by atoms with Gasteiger partial charge in [-0.3, -0.25) is 4.79 Å². The van der Waals surface area contributed by atoms with Crippen LogP contribution in [0.5, 0.6) is 0 Å². The van der Waals surface area contributed by atoms with Gasteiger partial charge in [-0.2, -0.15) is 0 Å². The molecule has 1 N–H and O–H groups in total. The molecule has 1 amide bonds. The summed E-state index contributed by atoms with van der Waals surface area (Å²) in [5, 5.41) is 3.65. The average molecular weight is 272 g/mol. The molecule has 3 nitrogen and oxygen atoms in total. The van der Waals surface area contributed by atoms with E-state index >= 15 is 0 Å². The van der Waals surface area contributed by atoms with Gasteiger partial charge in [0.05, 0.1) is 6.42 Å². The number of nitrogens with zero attached hydrogens (tertiary/aromatic N) is 1. The second-order valence-electron chi connectivity index (χ2n) is 7.28. The maximum atomic E-state index is 11.8. The first kappa shape index (κ1) is 13.6. The smallest absolute Gasteiger partial charge is 0.231 e. The first-order chi connectivity index (χ1) is 9.36. The van der Waals surface area contributed by atoms with Crippen LogP contribution in [0.4, 0.5) is 5.69 Å². The molecule has 0 aromatic heterocycles. The van der Waals surface area contributed by atoms with Crippen molar-refractivity contribution >= 4 is 11.6 Å². The van der Waals surface area contributed by atoms with E-state index in [0.717, 1.165) is 12.2 Å². The normalized spacial score (nSPS) is 26.2. The number of hydrogen-bond donors (Lipinski definition) is 1. The van der Waals surface area contributed by atoms with Crippen LogP contribution < -0.4 is 10.2 Å². The second kappa shape index (κ2) is 4.59. The van der Waals surface area contributed by atoms with Crippen LogP contribution in [-0.2, 0) is 11.2 Å². The average Bonchev–Trinajstić information content (AvgIpc) is 2.95. The number of amides is 1. The maximum absolute atomic E-state index is 11.8. The van der Waals surface area contributed by atoms with Gasteiger partial charge >= 0.3 is 0 Å². The van der Waals surface area contributed by atoms with Crippen LogP contribution in [0.2, 0.25) is 0 Å². The maximum Gasteiger partial charge on any atom is 0.231 e. The standard InChI is InChI=1S/C17H24N2O/c1-17(2,3)15-8-13(10-18-15)11-5-6-14-12(7-11)9-16(20)19(14)4/h5-7,13,15,18H,8-10H2,1-4H3. The van der Waals surface area contributed by atoms with Crippen molar-refractivity contribution in [1.82, 2.24) is 5.32 Å². The third-order valence-electron chi connectivity index (χ3n) is 4.83. The first-order valence-electron chi connectivity index (χ1n) is 7.49. The molecule has 2 heterocycles. The molecule has 2 aliphatic rings. The van der Waals surface area contributed by atoms with Crippen molar-refractivity contribution in [3.05, 3.63) is 29.3 Å². The molecule has 20 heavy (non-hydrogen) atoms. The van der Waals surface area contributed by atoms with Crippen LogP contribution in [-0.4, -0.2) is 25.5 Å². The summed E-state index contributed by atoms with van der Waals surface area (Å²) in [6.07, 6.45) is 1.74. The van der Waals surface area contributed by atoms with Gasteiger partial charge in [-0.1, -0.05) is 32.9 Å². The zero-order chi connectivity index (χ0) is 14.5. The molecule has 2 aliphatic heterocycles. The van der Waals surface area contributed by atoms with Crippen LogP contribution in [0.15, 0.2) is 18.2 Å². The fraction of sp³-hybridized carbons (Fsp3) is 0.588. The number of carbonyl (C=O) groups is 1. The molecule has 1 aromatic carbocycles. The fourth-order valence-corrected chi connectivity index (χ4v) is 3.39. The Hall–Kier alpha value is -1.35. The topological polar surface area (TPSA) is 32.3 Å². The molecular weight excluding hydrogens is 248 g/mol. The molecule has 2 atom stereocenters. The summed E-state index contributed by atoms with van der Waals surface area (Å²) in [6, 6.07) is 7.13. The molecule has 0 bridgehead atoms. The molecule has 108 valence electrons. The molecule has 0 aliphatic carbocycles. The van der Waals surface area contributed by atoms with Crippen molar-refractivity contribution in [2.75, 3.05) is 18.5 Å². The lowest BCUT2D eigenvalue weighted by atomic mass is 9.83. The highest BCUT2D eigenvalue weighted by atomic mass is 16.2. The van der Waals surface area contributed by atoms with Crippen molar-refractivity contribution in [2.45, 2.75) is 45.6 Å². The minimum atomic E-state index is 0.203. The number of anilines is 1. The summed E-state index contributed by atoms with van der Waals surface area (Å²) < 4.78 is 0. The number of likely N-dealkylation sites (N-methyl/N-ethyl adjacent to an activating group) is 1. The molecule has 1 fully saturated rings. The largest absolute Gasteiger partial charge is 0.315 e. The predicted octanol–water partition coefficient (Wildman–Crippen LogP) is 2.70. The van der Waals surface area contributed by atoms with E-state index in [1.165, 1.54) is 17.5 Å². The van der Waals surface area contributed by atoms with E-state index in [2.05, 4.69) is 44.3 Å². The number of fused-ring (bicyclic) bond motifs is 1. The Bertz CT molecular complexity index is 544. The summed E-state index contributed by atoms with van der Waals surface area (Å²) in [5.74, 6) is 0.778. The van der Waals surface area contributed by atoms with Crippen molar-refractivity contribution in [3.8, 4) is 0 Å². The van der Waals surface area contributed by atoms with Crippen molar-refractivity contribution in [3.63, 3.8) is 0 Å². The van der Waals surface area contributed by atoms with Gasteiger partial charge in [0.1, 0.15) is 0 Å². The molecule has 3 rings (SSSR count). The Morgan fingerprint density at radius 3 is 2.70 bits per heavy atom. The van der Waals surface area contributed by atoms with E-state index in [4.69, 9.17) is 0 Å². The molecule has 2 unspecified atom stereocenters. The number of hydrogen-bond acceptors (Lipinski definition) is 2. The lowest BCUT2D eigenvalue weighted by molar-refractivity contribution is -0.117. The van der Waals surface area contributed by atoms with Gasteiger partial charge in [-0.05, 0) is 34.9 Å². The lowest BCUT2D eigenvalue weighted by Crippen LogP contribution is -2.34. The van der Waals surface area contributed by atoms with Crippen LogP contribution in [0.25, 0.3) is 0 Å². The summed E-state index contributed by atoms with van der Waals surface area (Å²) in [5.41, 5.74) is 3.96. The van der Waals surface area contributed by atoms with E-state index in [9.17, 15) is 4.79 Å². The van der Waals surface area contributed by atoms with Gasteiger partial charge in [-0.25, -0.2) is 0 Å². The number of nitrogens with one attached hydrogen (secondary N) is 1. The highest BCUT2D eigenvalue weighted by Gasteiger charge is 2.34. The lowest BCUT2D eigenvalue weighted by Gasteiger charge is -2.27. The third-order valence-corrected chi connectivity index (χ3v) is 4.83. The van der Waals surface area contributed by atoms with Crippen molar-refractivity contribution in [1.29, 1.82) is 0 Å². The number of carbonyl (C=O) groups excluding carboxylic acids is 1. The van der Waals surface area contributed by atoms with E-state index in [1.807, 2.05) is 7.05 Å². The van der Waals surface area contributed by atoms with Crippen LogP contribution in [0, 0.1) is 5.41 Å². The van der Waals surface area contributed by atoms with Gasteiger partial charge in [0.2, 0.25) is 5.91 Å². The van der Waals surface area contributed by atoms with E-state index in [-0.39, 0.29) is 5.91 Å². The second-order valence-corrected chi connectivity index (χ2v) is 7.28. The Labute approximate surface area is 121 Å². The Morgan fingerprint density at radius 1 is 1.30 bits per heavy atom. The van der Waals surface area contributed by atoms with Crippen LogP contribution >= 0.6 is 0 Å². The minimum absolute atomic E-state index is 0.203. The molecule has 0 saturated carbocycles. The minimum Gasteiger partial charge on any atom is -0.315 e. The first-order valence-corrected chi connectivity index (χ1v) is 7.49.